The van der Waals surface area contributed by atoms with Gasteiger partial charge < -0.3 is 20.1 Å². The van der Waals surface area contributed by atoms with Crippen LogP contribution in [0, 0.1) is 11.3 Å². The van der Waals surface area contributed by atoms with Crippen molar-refractivity contribution in [1.82, 2.24) is 10.2 Å². The van der Waals surface area contributed by atoms with Crippen LogP contribution in [0.2, 0.25) is 0 Å². The van der Waals surface area contributed by atoms with Crippen molar-refractivity contribution in [1.29, 1.82) is 0 Å². The zero-order valence-corrected chi connectivity index (χ0v) is 12.6. The van der Waals surface area contributed by atoms with Crippen LogP contribution in [0.25, 0.3) is 0 Å². The first-order chi connectivity index (χ1) is 9.79. The van der Waals surface area contributed by atoms with E-state index in [0.717, 1.165) is 12.8 Å². The monoisotopic (exact) mass is 298 g/mol. The average molecular weight is 298 g/mol. The number of hydrogen-bond donors (Lipinski definition) is 2. The molecule has 0 aromatic rings. The number of carbonyl (C=O) groups is 3. The second-order valence-electron chi connectivity index (χ2n) is 6.38. The number of carboxylic acid groups (broad SMARTS) is 1. The van der Waals surface area contributed by atoms with Crippen molar-refractivity contribution in [2.24, 2.45) is 11.3 Å². The van der Waals surface area contributed by atoms with E-state index in [-0.39, 0.29) is 17.2 Å². The first kappa shape index (κ1) is 15.6. The summed E-state index contributed by atoms with van der Waals surface area (Å²) in [4.78, 5) is 36.9. The van der Waals surface area contributed by atoms with Gasteiger partial charge >= 0.3 is 12.1 Å². The van der Waals surface area contributed by atoms with Crippen molar-refractivity contribution in [3.05, 3.63) is 0 Å². The number of nitrogens with zero attached hydrogens (tertiary/aromatic N) is 1. The van der Waals surface area contributed by atoms with E-state index < -0.39 is 24.1 Å². The maximum atomic E-state index is 12.7. The van der Waals surface area contributed by atoms with Crippen molar-refractivity contribution in [2.75, 3.05) is 13.7 Å². The average Bonchev–Trinajstić information content (AvgIpc) is 3.05. The van der Waals surface area contributed by atoms with E-state index in [1.165, 1.54) is 12.0 Å². The third-order valence-corrected chi connectivity index (χ3v) is 4.43. The van der Waals surface area contributed by atoms with Gasteiger partial charge in [-0.1, -0.05) is 13.8 Å². The van der Waals surface area contributed by atoms with Gasteiger partial charge in [-0.15, -0.1) is 0 Å². The predicted molar refractivity (Wildman–Crippen MR) is 73.6 cm³/mol. The Morgan fingerprint density at radius 1 is 1.33 bits per heavy atom. The van der Waals surface area contributed by atoms with Gasteiger partial charge in [0.15, 0.2) is 0 Å². The number of alkyl carbamates (subject to hydrolysis) is 1. The predicted octanol–water partition coefficient (Wildman–Crippen LogP) is 0.833. The fourth-order valence-electron chi connectivity index (χ4n) is 2.93. The maximum Gasteiger partial charge on any atom is 0.407 e. The molecule has 1 spiro atoms. The molecule has 7 heteroatoms. The van der Waals surface area contributed by atoms with Crippen LogP contribution < -0.4 is 5.32 Å². The van der Waals surface area contributed by atoms with E-state index >= 15 is 0 Å². The number of amides is 2. The minimum atomic E-state index is -0.979. The number of carboxylic acids is 1. The Kier molecular flexibility index (Phi) is 4.11. The summed E-state index contributed by atoms with van der Waals surface area (Å²) in [5, 5.41) is 11.8. The molecule has 118 valence electrons. The van der Waals surface area contributed by atoms with Gasteiger partial charge in [0.05, 0.1) is 7.11 Å². The molecular formula is C14H22N2O5. The lowest BCUT2D eigenvalue weighted by Gasteiger charge is -2.29. The summed E-state index contributed by atoms with van der Waals surface area (Å²) in [6.45, 7) is 4.07. The molecule has 7 nitrogen and oxygen atoms in total. The highest BCUT2D eigenvalue weighted by Gasteiger charge is 2.56. The zero-order valence-electron chi connectivity index (χ0n) is 12.6. The van der Waals surface area contributed by atoms with E-state index in [9.17, 15) is 19.5 Å². The number of nitrogens with one attached hydrogen (secondary N) is 1. The molecule has 1 saturated heterocycles. The van der Waals surface area contributed by atoms with E-state index in [4.69, 9.17) is 0 Å². The van der Waals surface area contributed by atoms with Gasteiger partial charge in [-0.05, 0) is 30.6 Å². The second kappa shape index (κ2) is 5.54. The molecule has 0 bridgehead atoms. The second-order valence-corrected chi connectivity index (χ2v) is 6.38. The minimum absolute atomic E-state index is 0.00842. The van der Waals surface area contributed by atoms with E-state index in [1.54, 1.807) is 13.8 Å². The molecule has 0 radical (unpaired) electrons. The molecule has 2 fully saturated rings. The Morgan fingerprint density at radius 2 is 1.95 bits per heavy atom. The van der Waals surface area contributed by atoms with Crippen molar-refractivity contribution >= 4 is 18.0 Å². The standard InChI is InChI=1S/C14H22N2O5/c1-8(2)10(15-13(20)21-3)11(17)16-7-14(4-5-14)6-9(16)12(18)19/h8-10H,4-7H2,1-3H3,(H,15,20)(H,18,19)/t9?,10-/m0/s1. The Bertz CT molecular complexity index is 458. The molecule has 2 N–H and O–H groups in total. The fourth-order valence-corrected chi connectivity index (χ4v) is 2.93. The first-order valence-electron chi connectivity index (χ1n) is 7.17. The summed E-state index contributed by atoms with van der Waals surface area (Å²) >= 11 is 0. The third-order valence-electron chi connectivity index (χ3n) is 4.43. The van der Waals surface area contributed by atoms with E-state index in [0.29, 0.717) is 13.0 Å². The van der Waals surface area contributed by atoms with Gasteiger partial charge in [0, 0.05) is 6.54 Å². The van der Waals surface area contributed by atoms with Crippen molar-refractivity contribution in [2.45, 2.75) is 45.2 Å². The number of methoxy groups -OCH3 is 1. The molecule has 1 aliphatic carbocycles. The van der Waals surface area contributed by atoms with Gasteiger partial charge in [0.1, 0.15) is 12.1 Å². The highest BCUT2D eigenvalue weighted by Crippen LogP contribution is 2.54. The number of hydrogen-bond acceptors (Lipinski definition) is 4. The van der Waals surface area contributed by atoms with Gasteiger partial charge in [0.25, 0.3) is 0 Å². The van der Waals surface area contributed by atoms with Crippen LogP contribution >= 0.6 is 0 Å². The lowest BCUT2D eigenvalue weighted by atomic mass is 10.0. The Morgan fingerprint density at radius 3 is 2.38 bits per heavy atom. The van der Waals surface area contributed by atoms with E-state index in [2.05, 4.69) is 10.1 Å². The fraction of sp³-hybridized carbons (Fsp3) is 0.786. The van der Waals surface area contributed by atoms with Crippen molar-refractivity contribution in [3.8, 4) is 0 Å². The molecule has 21 heavy (non-hydrogen) atoms. The van der Waals surface area contributed by atoms with Crippen molar-refractivity contribution in [3.63, 3.8) is 0 Å². The lowest BCUT2D eigenvalue weighted by Crippen LogP contribution is -2.53. The smallest absolute Gasteiger partial charge is 0.407 e. The Labute approximate surface area is 123 Å². The van der Waals surface area contributed by atoms with Crippen LogP contribution in [0.3, 0.4) is 0 Å². The summed E-state index contributed by atoms with van der Waals surface area (Å²) in [5.74, 6) is -1.47. The third kappa shape index (κ3) is 3.11. The molecule has 1 aliphatic heterocycles. The molecule has 0 aromatic heterocycles. The Hall–Kier alpha value is -1.79. The van der Waals surface area contributed by atoms with Crippen LogP contribution in [-0.4, -0.2) is 53.7 Å². The number of ether oxygens (including phenoxy) is 1. The molecule has 0 aromatic carbocycles. The van der Waals surface area contributed by atoms with Gasteiger partial charge in [-0.3, -0.25) is 4.79 Å². The highest BCUT2D eigenvalue weighted by molar-refractivity contribution is 5.90. The maximum absolute atomic E-state index is 12.7. The number of likely N-dealkylation sites (tertiary alicyclic amines) is 1. The van der Waals surface area contributed by atoms with Crippen LogP contribution in [0.4, 0.5) is 4.79 Å². The topological polar surface area (TPSA) is 95.9 Å². The molecule has 2 atom stereocenters. The zero-order chi connectivity index (χ0) is 15.8. The van der Waals surface area contributed by atoms with E-state index in [1.807, 2.05) is 0 Å². The number of rotatable bonds is 4. The minimum Gasteiger partial charge on any atom is -0.480 e. The SMILES string of the molecule is COC(=O)N[C@H](C(=O)N1CC2(CC2)CC1C(=O)O)C(C)C. The summed E-state index contributed by atoms with van der Waals surface area (Å²) in [6.07, 6.45) is 1.76. The van der Waals surface area contributed by atoms with Crippen LogP contribution in [-0.2, 0) is 14.3 Å². The highest BCUT2D eigenvalue weighted by atomic mass is 16.5. The molecule has 1 heterocycles. The summed E-state index contributed by atoms with van der Waals surface area (Å²) < 4.78 is 4.53. The molecule has 2 rings (SSSR count). The normalized spacial score (nSPS) is 24.0. The van der Waals surface area contributed by atoms with Gasteiger partial charge in [-0.2, -0.15) is 0 Å². The molecule has 1 saturated carbocycles. The van der Waals surface area contributed by atoms with Crippen LogP contribution in [0.5, 0.6) is 0 Å². The summed E-state index contributed by atoms with van der Waals surface area (Å²) in [6, 6.07) is -1.56. The molecule has 1 unspecified atom stereocenters. The van der Waals surface area contributed by atoms with Crippen LogP contribution in [0.15, 0.2) is 0 Å². The number of carbonyl (C=O) groups excluding carboxylic acids is 2. The molecule has 2 amide bonds. The van der Waals surface area contributed by atoms with Crippen molar-refractivity contribution < 1.29 is 24.2 Å². The quantitative estimate of drug-likeness (QED) is 0.801. The molecular weight excluding hydrogens is 276 g/mol. The van der Waals surface area contributed by atoms with Gasteiger partial charge in [-0.25, -0.2) is 9.59 Å². The summed E-state index contributed by atoms with van der Waals surface area (Å²) in [5.41, 5.74) is -0.00842. The first-order valence-corrected chi connectivity index (χ1v) is 7.17. The number of aliphatic carboxylic acids is 1. The largest absolute Gasteiger partial charge is 0.480 e. The summed E-state index contributed by atoms with van der Waals surface area (Å²) in [7, 11) is 1.23. The Balaban J connectivity index is 2.15. The molecule has 2 aliphatic rings. The van der Waals surface area contributed by atoms with Gasteiger partial charge in [0.2, 0.25) is 5.91 Å². The van der Waals surface area contributed by atoms with Crippen LogP contribution in [0.1, 0.15) is 33.1 Å². The lowest BCUT2D eigenvalue weighted by molar-refractivity contribution is -0.149.